The second-order valence-corrected chi connectivity index (χ2v) is 3.99. The normalized spacial score (nSPS) is 9.92. The van der Waals surface area contributed by atoms with Gasteiger partial charge in [0.1, 0.15) is 5.82 Å². The van der Waals surface area contributed by atoms with Crippen molar-refractivity contribution in [3.8, 4) is 0 Å². The van der Waals surface area contributed by atoms with Crippen LogP contribution in [-0.4, -0.2) is 11.1 Å². The number of carbonyl (C=O) groups excluding carboxylic acids is 1. The van der Waals surface area contributed by atoms with Crippen molar-refractivity contribution >= 4 is 44.3 Å². The van der Waals surface area contributed by atoms with E-state index < -0.39 is 5.82 Å². The SMILES string of the molecule is O=C(CBr)c1cc(I)ccc1F. The number of Topliss-reactive ketones (excluding diaryl/α,β-unsaturated/α-hetero) is 1. The average Bonchev–Trinajstić information content (AvgIpc) is 2.08. The van der Waals surface area contributed by atoms with Crippen molar-refractivity contribution in [1.29, 1.82) is 0 Å². The first-order chi connectivity index (χ1) is 5.65. The summed E-state index contributed by atoms with van der Waals surface area (Å²) in [6.07, 6.45) is 0. The van der Waals surface area contributed by atoms with Gasteiger partial charge in [-0.05, 0) is 40.8 Å². The molecule has 64 valence electrons. The van der Waals surface area contributed by atoms with E-state index in [0.29, 0.717) is 0 Å². The van der Waals surface area contributed by atoms with E-state index in [-0.39, 0.29) is 16.7 Å². The first-order valence-corrected chi connectivity index (χ1v) is 5.39. The smallest absolute Gasteiger partial charge is 0.176 e. The summed E-state index contributed by atoms with van der Waals surface area (Å²) in [6.45, 7) is 0. The summed E-state index contributed by atoms with van der Waals surface area (Å²) in [5.41, 5.74) is 0.152. The maximum atomic E-state index is 13.0. The third-order valence-electron chi connectivity index (χ3n) is 1.35. The molecule has 0 fully saturated rings. The minimum Gasteiger partial charge on any atom is -0.293 e. The number of alkyl halides is 1. The highest BCUT2D eigenvalue weighted by atomic mass is 127. The van der Waals surface area contributed by atoms with Gasteiger partial charge >= 0.3 is 0 Å². The molecule has 1 rings (SSSR count). The van der Waals surface area contributed by atoms with Crippen LogP contribution >= 0.6 is 38.5 Å². The van der Waals surface area contributed by atoms with Gasteiger partial charge in [-0.1, -0.05) is 15.9 Å². The third-order valence-corrected chi connectivity index (χ3v) is 2.53. The molecule has 1 nitrogen and oxygen atoms in total. The van der Waals surface area contributed by atoms with Gasteiger partial charge in [-0.2, -0.15) is 0 Å². The van der Waals surface area contributed by atoms with Crippen molar-refractivity contribution in [3.63, 3.8) is 0 Å². The monoisotopic (exact) mass is 342 g/mol. The van der Waals surface area contributed by atoms with Crippen molar-refractivity contribution in [2.45, 2.75) is 0 Å². The van der Waals surface area contributed by atoms with E-state index in [2.05, 4.69) is 15.9 Å². The molecule has 1 aromatic rings. The number of ketones is 1. The molecule has 0 aliphatic heterocycles. The zero-order valence-corrected chi connectivity index (χ0v) is 9.72. The Morgan fingerprint density at radius 3 is 2.83 bits per heavy atom. The number of halogens is 3. The molecule has 0 saturated carbocycles. The summed E-state index contributed by atoms with van der Waals surface area (Å²) in [6, 6.07) is 4.47. The Hall–Kier alpha value is 0.0300. The number of hydrogen-bond acceptors (Lipinski definition) is 1. The molecule has 1 aromatic carbocycles. The zero-order valence-electron chi connectivity index (χ0n) is 5.98. The lowest BCUT2D eigenvalue weighted by molar-refractivity contribution is 0.102. The molecule has 0 atom stereocenters. The van der Waals surface area contributed by atoms with Crippen LogP contribution in [0.3, 0.4) is 0 Å². The van der Waals surface area contributed by atoms with E-state index in [4.69, 9.17) is 0 Å². The fraction of sp³-hybridized carbons (Fsp3) is 0.125. The molecule has 0 saturated heterocycles. The van der Waals surface area contributed by atoms with Gasteiger partial charge in [-0.3, -0.25) is 4.79 Å². The molecule has 0 radical (unpaired) electrons. The molecular formula is C8H5BrFIO. The molecule has 0 heterocycles. The Balaban J connectivity index is 3.13. The van der Waals surface area contributed by atoms with E-state index in [9.17, 15) is 9.18 Å². The zero-order chi connectivity index (χ0) is 9.14. The fourth-order valence-electron chi connectivity index (χ4n) is 0.783. The number of benzene rings is 1. The first kappa shape index (κ1) is 10.1. The Morgan fingerprint density at radius 2 is 2.25 bits per heavy atom. The van der Waals surface area contributed by atoms with Gasteiger partial charge < -0.3 is 0 Å². The van der Waals surface area contributed by atoms with E-state index >= 15 is 0 Å². The molecule has 0 aliphatic carbocycles. The lowest BCUT2D eigenvalue weighted by Gasteiger charge is -1.99. The largest absolute Gasteiger partial charge is 0.293 e. The molecule has 4 heteroatoms. The number of carbonyl (C=O) groups is 1. The summed E-state index contributed by atoms with van der Waals surface area (Å²) in [7, 11) is 0. The highest BCUT2D eigenvalue weighted by molar-refractivity contribution is 14.1. The first-order valence-electron chi connectivity index (χ1n) is 3.19. The second-order valence-electron chi connectivity index (χ2n) is 2.18. The Morgan fingerprint density at radius 1 is 1.58 bits per heavy atom. The molecule has 0 spiro atoms. The van der Waals surface area contributed by atoms with Crippen molar-refractivity contribution in [3.05, 3.63) is 33.1 Å². The van der Waals surface area contributed by atoms with Gasteiger partial charge in [0, 0.05) is 3.57 Å². The minimum atomic E-state index is -0.458. The standard InChI is InChI=1S/C8H5BrFIO/c9-4-8(12)6-3-5(11)1-2-7(6)10/h1-3H,4H2. The molecule has 12 heavy (non-hydrogen) atoms. The summed E-state index contributed by atoms with van der Waals surface area (Å²) < 4.78 is 13.8. The van der Waals surface area contributed by atoms with Crippen LogP contribution in [0.5, 0.6) is 0 Å². The fourth-order valence-corrected chi connectivity index (χ4v) is 1.58. The van der Waals surface area contributed by atoms with Crippen LogP contribution in [-0.2, 0) is 0 Å². The van der Waals surface area contributed by atoms with Gasteiger partial charge in [0.15, 0.2) is 5.78 Å². The van der Waals surface area contributed by atoms with Crippen LogP contribution in [0.25, 0.3) is 0 Å². The van der Waals surface area contributed by atoms with E-state index in [1.807, 2.05) is 22.6 Å². The maximum absolute atomic E-state index is 13.0. The van der Waals surface area contributed by atoms with Gasteiger partial charge in [-0.15, -0.1) is 0 Å². The summed E-state index contributed by atoms with van der Waals surface area (Å²) in [5, 5.41) is 0.157. The molecule has 0 aliphatic rings. The number of rotatable bonds is 2. The predicted octanol–water partition coefficient (Wildman–Crippen LogP) is 3.01. The molecule has 0 bridgehead atoms. The van der Waals surface area contributed by atoms with Crippen molar-refractivity contribution in [2.75, 3.05) is 5.33 Å². The molecular weight excluding hydrogens is 338 g/mol. The van der Waals surface area contributed by atoms with Crippen LogP contribution < -0.4 is 0 Å². The Kier molecular flexibility index (Phi) is 3.64. The highest BCUT2D eigenvalue weighted by Crippen LogP contribution is 2.13. The van der Waals surface area contributed by atoms with Crippen LogP contribution in [0, 0.1) is 9.39 Å². The molecule has 0 unspecified atom stereocenters. The molecule has 0 N–H and O–H groups in total. The van der Waals surface area contributed by atoms with E-state index in [1.165, 1.54) is 6.07 Å². The van der Waals surface area contributed by atoms with E-state index in [1.54, 1.807) is 12.1 Å². The van der Waals surface area contributed by atoms with Crippen molar-refractivity contribution < 1.29 is 9.18 Å². The predicted molar refractivity (Wildman–Crippen MR) is 57.2 cm³/mol. The third kappa shape index (κ3) is 2.26. The molecule has 0 aromatic heterocycles. The van der Waals surface area contributed by atoms with E-state index in [0.717, 1.165) is 3.57 Å². The summed E-state index contributed by atoms with van der Waals surface area (Å²) in [5.74, 6) is -0.689. The quantitative estimate of drug-likeness (QED) is 0.459. The Labute approximate surface area is 91.6 Å². The van der Waals surface area contributed by atoms with Gasteiger partial charge in [0.2, 0.25) is 0 Å². The lowest BCUT2D eigenvalue weighted by atomic mass is 10.1. The lowest BCUT2D eigenvalue weighted by Crippen LogP contribution is -2.03. The van der Waals surface area contributed by atoms with Crippen LogP contribution in [0.4, 0.5) is 4.39 Å². The Bertz CT molecular complexity index is 314. The second kappa shape index (κ2) is 4.32. The van der Waals surface area contributed by atoms with Gasteiger partial charge in [-0.25, -0.2) is 4.39 Å². The highest BCUT2D eigenvalue weighted by Gasteiger charge is 2.09. The van der Waals surface area contributed by atoms with Crippen molar-refractivity contribution in [1.82, 2.24) is 0 Å². The van der Waals surface area contributed by atoms with Crippen molar-refractivity contribution in [2.24, 2.45) is 0 Å². The van der Waals surface area contributed by atoms with Crippen LogP contribution in [0.1, 0.15) is 10.4 Å². The summed E-state index contributed by atoms with van der Waals surface area (Å²) >= 11 is 5.03. The summed E-state index contributed by atoms with van der Waals surface area (Å²) in [4.78, 5) is 11.1. The minimum absolute atomic E-state index is 0.152. The maximum Gasteiger partial charge on any atom is 0.176 e. The number of hydrogen-bond donors (Lipinski definition) is 0. The van der Waals surface area contributed by atoms with Gasteiger partial charge in [0.05, 0.1) is 10.9 Å². The van der Waals surface area contributed by atoms with Crippen LogP contribution in [0.2, 0.25) is 0 Å². The van der Waals surface area contributed by atoms with Crippen LogP contribution in [0.15, 0.2) is 18.2 Å². The van der Waals surface area contributed by atoms with Gasteiger partial charge in [0.25, 0.3) is 0 Å². The molecule has 0 amide bonds. The average molecular weight is 343 g/mol. The topological polar surface area (TPSA) is 17.1 Å².